The van der Waals surface area contributed by atoms with Gasteiger partial charge in [0.05, 0.1) is 0 Å². The van der Waals surface area contributed by atoms with Gasteiger partial charge in [-0.25, -0.2) is 0 Å². The Morgan fingerprint density at radius 3 is 2.78 bits per heavy atom. The van der Waals surface area contributed by atoms with Crippen molar-refractivity contribution < 1.29 is 0 Å². The summed E-state index contributed by atoms with van der Waals surface area (Å²) in [5.41, 5.74) is 2.64. The van der Waals surface area contributed by atoms with Gasteiger partial charge in [-0.1, -0.05) is 78.6 Å². The van der Waals surface area contributed by atoms with Gasteiger partial charge >= 0.3 is 0 Å². The molecule has 1 aliphatic carbocycles. The van der Waals surface area contributed by atoms with E-state index in [-0.39, 0.29) is 0 Å². The first-order chi connectivity index (χ1) is 8.84. The number of thioether (sulfide) groups is 2. The molecule has 1 aliphatic rings. The molecule has 0 saturated carbocycles. The molecule has 0 heterocycles. The summed E-state index contributed by atoms with van der Waals surface area (Å²) in [5.74, 6) is 0.950. The van der Waals surface area contributed by atoms with E-state index < -0.39 is 0 Å². The van der Waals surface area contributed by atoms with Crippen LogP contribution >= 0.6 is 35.7 Å². The molecule has 0 aromatic heterocycles. The maximum atomic E-state index is 5.36. The molecule has 1 aromatic carbocycles. The van der Waals surface area contributed by atoms with Gasteiger partial charge in [0.2, 0.25) is 0 Å². The minimum absolute atomic E-state index is 0.950. The average molecular weight is 290 g/mol. The van der Waals surface area contributed by atoms with Gasteiger partial charge < -0.3 is 0 Å². The molecule has 0 fully saturated rings. The van der Waals surface area contributed by atoms with Crippen molar-refractivity contribution in [3.63, 3.8) is 0 Å². The second-order valence-corrected chi connectivity index (χ2v) is 6.88. The molecule has 0 nitrogen and oxygen atoms in total. The molecule has 0 bridgehead atoms. The second kappa shape index (κ2) is 7.62. The highest BCUT2D eigenvalue weighted by molar-refractivity contribution is 8.47. The Kier molecular flexibility index (Phi) is 5.78. The highest BCUT2D eigenvalue weighted by Crippen LogP contribution is 2.25. The molecule has 0 amide bonds. The molecule has 0 aliphatic heterocycles. The van der Waals surface area contributed by atoms with Crippen molar-refractivity contribution >= 4 is 39.3 Å². The monoisotopic (exact) mass is 290 g/mol. The molecule has 0 unspecified atom stereocenters. The van der Waals surface area contributed by atoms with Gasteiger partial charge in [0.25, 0.3) is 0 Å². The van der Waals surface area contributed by atoms with Crippen LogP contribution in [0.2, 0.25) is 0 Å². The minimum Gasteiger partial charge on any atom is -0.103 e. The van der Waals surface area contributed by atoms with Crippen LogP contribution in [0.4, 0.5) is 0 Å². The van der Waals surface area contributed by atoms with Crippen LogP contribution in [0.15, 0.2) is 65.6 Å². The molecule has 0 radical (unpaired) electrons. The molecule has 0 spiro atoms. The molecule has 18 heavy (non-hydrogen) atoms. The van der Waals surface area contributed by atoms with Crippen LogP contribution in [0.3, 0.4) is 0 Å². The molecule has 0 N–H and O–H groups in total. The summed E-state index contributed by atoms with van der Waals surface area (Å²) in [6.45, 7) is 0. The van der Waals surface area contributed by atoms with E-state index in [1.807, 2.05) is 6.07 Å². The fraction of sp³-hybridized carbons (Fsp3) is 0.133. The Hall–Kier alpha value is -0.770. The molecular weight excluding hydrogens is 276 g/mol. The van der Waals surface area contributed by atoms with Gasteiger partial charge in [-0.15, -0.1) is 11.8 Å². The van der Waals surface area contributed by atoms with Crippen molar-refractivity contribution in [2.45, 2.75) is 12.2 Å². The maximum absolute atomic E-state index is 5.36. The molecule has 3 heteroatoms. The van der Waals surface area contributed by atoms with Crippen molar-refractivity contribution in [2.75, 3.05) is 0 Å². The maximum Gasteiger partial charge on any atom is 0.108 e. The summed E-state index contributed by atoms with van der Waals surface area (Å²) in [4.78, 5) is 0. The van der Waals surface area contributed by atoms with Crippen molar-refractivity contribution in [1.29, 1.82) is 0 Å². The van der Waals surface area contributed by atoms with E-state index in [1.54, 1.807) is 23.5 Å². The fourth-order valence-corrected chi connectivity index (χ4v) is 3.31. The number of rotatable bonds is 3. The average Bonchev–Trinajstić information content (AvgIpc) is 2.45. The standard InChI is InChI=1S/C15H14S3/c16-15(17-11-13-7-3-1-4-8-13)18-12-14-9-5-2-6-10-14/h1-9,12H,10-11H2/b14-12-. The van der Waals surface area contributed by atoms with E-state index in [2.05, 4.69) is 54.0 Å². The van der Waals surface area contributed by atoms with Crippen molar-refractivity contribution in [2.24, 2.45) is 0 Å². The fourth-order valence-electron chi connectivity index (χ4n) is 1.49. The Balaban J connectivity index is 1.76. The third kappa shape index (κ3) is 4.84. The van der Waals surface area contributed by atoms with E-state index in [4.69, 9.17) is 12.2 Å². The Morgan fingerprint density at radius 1 is 1.22 bits per heavy atom. The summed E-state index contributed by atoms with van der Waals surface area (Å²) in [6, 6.07) is 10.4. The van der Waals surface area contributed by atoms with Gasteiger partial charge in [-0.05, 0) is 23.0 Å². The highest BCUT2D eigenvalue weighted by Gasteiger charge is 2.00. The number of allylic oxidation sites excluding steroid dienone is 5. The zero-order valence-corrected chi connectivity index (χ0v) is 12.4. The van der Waals surface area contributed by atoms with E-state index in [0.29, 0.717) is 0 Å². The quantitative estimate of drug-likeness (QED) is 0.690. The molecular formula is C15H14S3. The Labute approximate surface area is 122 Å². The summed E-state index contributed by atoms with van der Waals surface area (Å²) in [6.07, 6.45) is 9.44. The van der Waals surface area contributed by atoms with Gasteiger partial charge in [0.1, 0.15) is 3.53 Å². The molecule has 1 aromatic rings. The normalized spacial score (nSPS) is 16.1. The Morgan fingerprint density at radius 2 is 2.06 bits per heavy atom. The number of thiocarbonyl (C=S) groups is 1. The third-order valence-corrected chi connectivity index (χ3v) is 5.03. The molecule has 0 saturated heterocycles. The van der Waals surface area contributed by atoms with E-state index >= 15 is 0 Å². The predicted molar refractivity (Wildman–Crippen MR) is 88.9 cm³/mol. The summed E-state index contributed by atoms with van der Waals surface area (Å²) < 4.78 is 0.981. The number of benzene rings is 1. The van der Waals surface area contributed by atoms with E-state index in [9.17, 15) is 0 Å². The van der Waals surface area contributed by atoms with Gasteiger partial charge in [0.15, 0.2) is 0 Å². The van der Waals surface area contributed by atoms with Crippen LogP contribution in [0.1, 0.15) is 12.0 Å². The van der Waals surface area contributed by atoms with Crippen LogP contribution < -0.4 is 0 Å². The largest absolute Gasteiger partial charge is 0.108 e. The van der Waals surface area contributed by atoms with Crippen molar-refractivity contribution in [3.8, 4) is 0 Å². The summed E-state index contributed by atoms with van der Waals surface area (Å²) >= 11 is 8.74. The first-order valence-electron chi connectivity index (χ1n) is 5.74. The van der Waals surface area contributed by atoms with Crippen molar-refractivity contribution in [1.82, 2.24) is 0 Å². The van der Waals surface area contributed by atoms with E-state index in [0.717, 1.165) is 15.7 Å². The zero-order valence-electron chi connectivity index (χ0n) is 9.91. The summed E-state index contributed by atoms with van der Waals surface area (Å²) in [5, 5.41) is 2.15. The topological polar surface area (TPSA) is 0 Å². The molecule has 0 atom stereocenters. The van der Waals surface area contributed by atoms with Gasteiger partial charge in [-0.2, -0.15) is 0 Å². The zero-order chi connectivity index (χ0) is 12.6. The lowest BCUT2D eigenvalue weighted by Gasteiger charge is -2.03. The first kappa shape index (κ1) is 13.7. The van der Waals surface area contributed by atoms with Crippen LogP contribution in [0.5, 0.6) is 0 Å². The Bertz CT molecular complexity index is 484. The van der Waals surface area contributed by atoms with Crippen molar-refractivity contribution in [3.05, 3.63) is 71.2 Å². The van der Waals surface area contributed by atoms with Crippen LogP contribution in [-0.4, -0.2) is 3.53 Å². The number of hydrogen-bond donors (Lipinski definition) is 0. The predicted octanol–water partition coefficient (Wildman–Crippen LogP) is 5.34. The van der Waals surface area contributed by atoms with Crippen LogP contribution in [0, 0.1) is 0 Å². The minimum atomic E-state index is 0.950. The van der Waals surface area contributed by atoms with Gasteiger partial charge in [0, 0.05) is 5.75 Å². The molecule has 2 rings (SSSR count). The number of hydrogen-bond acceptors (Lipinski definition) is 3. The SMILES string of the molecule is S=C(S/C=C1/C=CC=CC1)SCc1ccccc1. The summed E-state index contributed by atoms with van der Waals surface area (Å²) in [7, 11) is 0. The lowest BCUT2D eigenvalue weighted by molar-refractivity contribution is 1.27. The first-order valence-corrected chi connectivity index (χ1v) is 8.01. The lowest BCUT2D eigenvalue weighted by Crippen LogP contribution is -1.84. The lowest BCUT2D eigenvalue weighted by atomic mass is 10.1. The smallest absolute Gasteiger partial charge is 0.103 e. The van der Waals surface area contributed by atoms with Crippen LogP contribution in [0.25, 0.3) is 0 Å². The highest BCUT2D eigenvalue weighted by atomic mass is 32.2. The van der Waals surface area contributed by atoms with Gasteiger partial charge in [-0.3, -0.25) is 0 Å². The second-order valence-electron chi connectivity index (χ2n) is 3.83. The van der Waals surface area contributed by atoms with Crippen LogP contribution in [-0.2, 0) is 5.75 Å². The van der Waals surface area contributed by atoms with E-state index in [1.165, 1.54) is 11.1 Å². The molecule has 92 valence electrons. The third-order valence-electron chi connectivity index (χ3n) is 2.42.